The molecule has 5 nitrogen and oxygen atoms in total. The van der Waals surface area contributed by atoms with E-state index in [1.54, 1.807) is 0 Å². The summed E-state index contributed by atoms with van der Waals surface area (Å²) < 4.78 is 27.2. The molecule has 0 aliphatic heterocycles. The van der Waals surface area contributed by atoms with Crippen LogP contribution in [0.3, 0.4) is 0 Å². The highest BCUT2D eigenvalue weighted by molar-refractivity contribution is 7.89. The van der Waals surface area contributed by atoms with Gasteiger partial charge in [-0.2, -0.15) is 5.26 Å². The first-order valence-electron chi connectivity index (χ1n) is 7.67. The lowest BCUT2D eigenvalue weighted by Crippen LogP contribution is -2.33. The minimum absolute atomic E-state index is 0. The van der Waals surface area contributed by atoms with E-state index in [4.69, 9.17) is 5.26 Å². The number of nitrogens with one attached hydrogen (secondary N) is 1. The molecule has 0 aromatic heterocycles. The molecule has 1 rings (SSSR count). The SMILES string of the molecule is CCN(CC)CCCC(C)NS(=O)(=O)c1ccc(C#N)cc1.Cl. The molecule has 0 heterocycles. The molecule has 1 unspecified atom stereocenters. The van der Waals surface area contributed by atoms with Crippen LogP contribution in [0.1, 0.15) is 39.2 Å². The Bertz CT molecular complexity index is 593. The van der Waals surface area contributed by atoms with Gasteiger partial charge in [-0.05, 0) is 63.7 Å². The average Bonchev–Trinajstić information content (AvgIpc) is 2.51. The Balaban J connectivity index is 0.00000484. The van der Waals surface area contributed by atoms with Gasteiger partial charge in [0.15, 0.2) is 0 Å². The first-order chi connectivity index (χ1) is 10.4. The topological polar surface area (TPSA) is 73.2 Å². The number of benzene rings is 1. The summed E-state index contributed by atoms with van der Waals surface area (Å²) in [5.74, 6) is 0. The molecule has 130 valence electrons. The summed E-state index contributed by atoms with van der Waals surface area (Å²) in [5.41, 5.74) is 0.450. The third-order valence-electron chi connectivity index (χ3n) is 3.66. The number of nitrogens with zero attached hydrogens (tertiary/aromatic N) is 2. The molecule has 0 amide bonds. The first-order valence-corrected chi connectivity index (χ1v) is 9.16. The smallest absolute Gasteiger partial charge is 0.240 e. The Hall–Kier alpha value is -1.13. The van der Waals surface area contributed by atoms with Crippen LogP contribution < -0.4 is 4.72 Å². The Kier molecular flexibility index (Phi) is 10.1. The van der Waals surface area contributed by atoms with Crippen LogP contribution in [0.15, 0.2) is 29.2 Å². The van der Waals surface area contributed by atoms with Gasteiger partial charge in [-0.25, -0.2) is 13.1 Å². The monoisotopic (exact) mass is 359 g/mol. The predicted molar refractivity (Wildman–Crippen MR) is 95.2 cm³/mol. The Morgan fingerprint density at radius 3 is 2.26 bits per heavy atom. The zero-order chi connectivity index (χ0) is 16.6. The van der Waals surface area contributed by atoms with E-state index in [0.717, 1.165) is 32.5 Å². The Morgan fingerprint density at radius 1 is 1.22 bits per heavy atom. The van der Waals surface area contributed by atoms with Crippen LogP contribution in [-0.2, 0) is 10.0 Å². The summed E-state index contributed by atoms with van der Waals surface area (Å²) in [6.07, 6.45) is 1.75. The van der Waals surface area contributed by atoms with Gasteiger partial charge in [-0.1, -0.05) is 13.8 Å². The maximum Gasteiger partial charge on any atom is 0.240 e. The van der Waals surface area contributed by atoms with Crippen molar-refractivity contribution in [2.75, 3.05) is 19.6 Å². The van der Waals surface area contributed by atoms with Gasteiger partial charge in [0, 0.05) is 6.04 Å². The van der Waals surface area contributed by atoms with Crippen molar-refractivity contribution in [1.82, 2.24) is 9.62 Å². The van der Waals surface area contributed by atoms with E-state index in [1.165, 1.54) is 24.3 Å². The maximum absolute atomic E-state index is 12.2. The summed E-state index contributed by atoms with van der Waals surface area (Å²) in [4.78, 5) is 2.52. The molecule has 0 bridgehead atoms. The number of sulfonamides is 1. The molecule has 1 N–H and O–H groups in total. The first kappa shape index (κ1) is 21.9. The summed E-state index contributed by atoms with van der Waals surface area (Å²) in [5, 5.41) is 8.74. The molecule has 0 radical (unpaired) electrons. The number of hydrogen-bond donors (Lipinski definition) is 1. The molecule has 1 atom stereocenters. The molecule has 0 aliphatic rings. The van der Waals surface area contributed by atoms with Gasteiger partial charge in [0.1, 0.15) is 0 Å². The standard InChI is InChI=1S/C16H25N3O2S.ClH/c1-4-19(5-2)12-6-7-14(3)18-22(20,21)16-10-8-15(13-17)9-11-16;/h8-11,14,18H,4-7,12H2,1-3H3;1H. The van der Waals surface area contributed by atoms with Crippen molar-refractivity contribution in [2.45, 2.75) is 44.6 Å². The normalized spacial score (nSPS) is 12.5. The molecule has 1 aromatic carbocycles. The zero-order valence-electron chi connectivity index (χ0n) is 13.9. The Morgan fingerprint density at radius 2 is 1.78 bits per heavy atom. The van der Waals surface area contributed by atoms with Crippen molar-refractivity contribution in [1.29, 1.82) is 5.26 Å². The van der Waals surface area contributed by atoms with Gasteiger partial charge in [0.2, 0.25) is 10.0 Å². The lowest BCUT2D eigenvalue weighted by atomic mass is 10.2. The third kappa shape index (κ3) is 7.32. The number of nitriles is 1. The summed E-state index contributed by atoms with van der Waals surface area (Å²) in [7, 11) is -3.52. The quantitative estimate of drug-likeness (QED) is 0.735. The van der Waals surface area contributed by atoms with Crippen molar-refractivity contribution in [3.05, 3.63) is 29.8 Å². The van der Waals surface area contributed by atoms with Gasteiger partial charge in [0.25, 0.3) is 0 Å². The maximum atomic E-state index is 12.2. The molecule has 0 saturated carbocycles. The van der Waals surface area contributed by atoms with Gasteiger partial charge >= 0.3 is 0 Å². The second kappa shape index (κ2) is 10.6. The second-order valence-corrected chi connectivity index (χ2v) is 7.04. The van der Waals surface area contributed by atoms with E-state index in [1.807, 2.05) is 13.0 Å². The molecule has 0 aliphatic carbocycles. The van der Waals surface area contributed by atoms with Crippen LogP contribution in [-0.4, -0.2) is 39.0 Å². The molecule has 1 aromatic rings. The molecule has 23 heavy (non-hydrogen) atoms. The minimum atomic E-state index is -3.52. The molecule has 0 fully saturated rings. The van der Waals surface area contributed by atoms with Gasteiger partial charge in [-0.3, -0.25) is 0 Å². The van der Waals surface area contributed by atoms with Crippen LogP contribution in [0.5, 0.6) is 0 Å². The van der Waals surface area contributed by atoms with Crippen molar-refractivity contribution in [3.63, 3.8) is 0 Å². The van der Waals surface area contributed by atoms with Crippen molar-refractivity contribution in [2.24, 2.45) is 0 Å². The van der Waals surface area contributed by atoms with E-state index in [-0.39, 0.29) is 23.3 Å². The lowest BCUT2D eigenvalue weighted by molar-refractivity contribution is 0.293. The summed E-state index contributed by atoms with van der Waals surface area (Å²) in [6, 6.07) is 7.81. The molecule has 0 spiro atoms. The van der Waals surface area contributed by atoms with Crippen LogP contribution in [0, 0.1) is 11.3 Å². The van der Waals surface area contributed by atoms with E-state index in [9.17, 15) is 8.42 Å². The molecule has 0 saturated heterocycles. The summed E-state index contributed by atoms with van der Waals surface area (Å²) in [6.45, 7) is 9.14. The zero-order valence-corrected chi connectivity index (χ0v) is 15.6. The lowest BCUT2D eigenvalue weighted by Gasteiger charge is -2.19. The van der Waals surface area contributed by atoms with Crippen molar-refractivity contribution < 1.29 is 8.42 Å². The van der Waals surface area contributed by atoms with Gasteiger partial charge in [-0.15, -0.1) is 12.4 Å². The highest BCUT2D eigenvalue weighted by Crippen LogP contribution is 2.11. The number of hydrogen-bond acceptors (Lipinski definition) is 4. The van der Waals surface area contributed by atoms with Crippen molar-refractivity contribution in [3.8, 4) is 6.07 Å². The van der Waals surface area contributed by atoms with Crippen LogP contribution in [0.25, 0.3) is 0 Å². The average molecular weight is 360 g/mol. The minimum Gasteiger partial charge on any atom is -0.304 e. The fraction of sp³-hybridized carbons (Fsp3) is 0.562. The van der Waals surface area contributed by atoms with E-state index < -0.39 is 10.0 Å². The molecular formula is C16H26ClN3O2S. The van der Waals surface area contributed by atoms with Crippen LogP contribution in [0.4, 0.5) is 0 Å². The number of halogens is 1. The van der Waals surface area contributed by atoms with Gasteiger partial charge < -0.3 is 4.90 Å². The Labute approximate surface area is 146 Å². The molecular weight excluding hydrogens is 334 g/mol. The second-order valence-electron chi connectivity index (χ2n) is 5.33. The van der Waals surface area contributed by atoms with Crippen LogP contribution >= 0.6 is 12.4 Å². The summed E-state index contributed by atoms with van der Waals surface area (Å²) >= 11 is 0. The highest BCUT2D eigenvalue weighted by Gasteiger charge is 2.17. The largest absolute Gasteiger partial charge is 0.304 e. The van der Waals surface area contributed by atoms with E-state index in [0.29, 0.717) is 5.56 Å². The fourth-order valence-corrected chi connectivity index (χ4v) is 3.54. The van der Waals surface area contributed by atoms with Crippen molar-refractivity contribution >= 4 is 22.4 Å². The fourth-order valence-electron chi connectivity index (χ4n) is 2.26. The third-order valence-corrected chi connectivity index (χ3v) is 5.26. The number of rotatable bonds is 9. The predicted octanol–water partition coefficient (Wildman–Crippen LogP) is 2.77. The highest BCUT2D eigenvalue weighted by atomic mass is 35.5. The molecule has 7 heteroatoms. The van der Waals surface area contributed by atoms with E-state index in [2.05, 4.69) is 23.5 Å². The van der Waals surface area contributed by atoms with Gasteiger partial charge in [0.05, 0.1) is 16.5 Å². The van der Waals surface area contributed by atoms with Crippen LogP contribution in [0.2, 0.25) is 0 Å². The van der Waals surface area contributed by atoms with E-state index >= 15 is 0 Å².